The minimum Gasteiger partial charge on any atom is -0.492 e. The van der Waals surface area contributed by atoms with Crippen molar-refractivity contribution >= 4 is 23.3 Å². The van der Waals surface area contributed by atoms with Crippen LogP contribution in [0.5, 0.6) is 5.75 Å². The number of aryl methyl sites for hydroxylation is 1. The maximum Gasteiger partial charge on any atom is 0.253 e. The van der Waals surface area contributed by atoms with E-state index in [2.05, 4.69) is 15.2 Å². The van der Waals surface area contributed by atoms with Gasteiger partial charge in [0.1, 0.15) is 11.6 Å². The first-order chi connectivity index (χ1) is 13.5. The van der Waals surface area contributed by atoms with Gasteiger partial charge >= 0.3 is 0 Å². The van der Waals surface area contributed by atoms with Crippen molar-refractivity contribution in [1.29, 1.82) is 0 Å². The number of nitrogen functional groups attached to an aromatic ring is 1. The number of nitrogens with two attached hydrogens (primary N) is 1. The highest BCUT2D eigenvalue weighted by Gasteiger charge is 2.21. The standard InChI is InChI=1S/C21H27ClN4O2/c1-3-28-19-11-15(4-5-18(19)22)13-26-8-6-17(7-9-26)25-21(27)16-10-14(2)20(23)24-12-16/h4-5,10-12,17H,3,6-9,13H2,1-2H3,(H2,23,24)(H,25,27). The zero-order valence-electron chi connectivity index (χ0n) is 16.4. The number of pyridine rings is 1. The largest absolute Gasteiger partial charge is 0.492 e. The molecule has 1 aliphatic heterocycles. The van der Waals surface area contributed by atoms with Crippen LogP contribution in [-0.4, -0.2) is 41.5 Å². The minimum atomic E-state index is -0.0897. The lowest BCUT2D eigenvalue weighted by molar-refractivity contribution is 0.0908. The Morgan fingerprint density at radius 3 is 2.79 bits per heavy atom. The Bertz CT molecular complexity index is 835. The van der Waals surface area contributed by atoms with Crippen molar-refractivity contribution in [2.24, 2.45) is 0 Å². The highest BCUT2D eigenvalue weighted by atomic mass is 35.5. The van der Waals surface area contributed by atoms with Crippen molar-refractivity contribution < 1.29 is 9.53 Å². The summed E-state index contributed by atoms with van der Waals surface area (Å²) in [7, 11) is 0. The molecule has 0 aliphatic carbocycles. The Balaban J connectivity index is 1.51. The highest BCUT2D eigenvalue weighted by molar-refractivity contribution is 6.32. The van der Waals surface area contributed by atoms with Gasteiger partial charge in [-0.2, -0.15) is 0 Å². The average molecular weight is 403 g/mol. The molecule has 0 saturated carbocycles. The summed E-state index contributed by atoms with van der Waals surface area (Å²) in [6.07, 6.45) is 3.36. The fourth-order valence-electron chi connectivity index (χ4n) is 3.38. The molecule has 0 bridgehead atoms. The number of anilines is 1. The topological polar surface area (TPSA) is 80.5 Å². The third kappa shape index (κ3) is 5.14. The molecule has 7 heteroatoms. The number of hydrogen-bond donors (Lipinski definition) is 2. The van der Waals surface area contributed by atoms with Gasteiger partial charge in [0, 0.05) is 31.9 Å². The third-order valence-corrected chi connectivity index (χ3v) is 5.32. The molecule has 3 N–H and O–H groups in total. The summed E-state index contributed by atoms with van der Waals surface area (Å²) in [6.45, 7) is 7.10. The second-order valence-corrected chi connectivity index (χ2v) is 7.56. The van der Waals surface area contributed by atoms with E-state index in [0.29, 0.717) is 23.0 Å². The number of carbonyl (C=O) groups excluding carboxylic acids is 1. The summed E-state index contributed by atoms with van der Waals surface area (Å²) in [5.41, 5.74) is 8.27. The molecule has 1 saturated heterocycles. The summed E-state index contributed by atoms with van der Waals surface area (Å²) in [5.74, 6) is 1.10. The van der Waals surface area contributed by atoms with Crippen LogP contribution in [0.2, 0.25) is 5.02 Å². The van der Waals surface area contributed by atoms with Crippen molar-refractivity contribution in [2.45, 2.75) is 39.3 Å². The van der Waals surface area contributed by atoms with Crippen molar-refractivity contribution in [1.82, 2.24) is 15.2 Å². The number of nitrogens with zero attached hydrogens (tertiary/aromatic N) is 2. The Morgan fingerprint density at radius 1 is 1.36 bits per heavy atom. The summed E-state index contributed by atoms with van der Waals surface area (Å²) in [5, 5.41) is 3.75. The van der Waals surface area contributed by atoms with Crippen LogP contribution < -0.4 is 15.8 Å². The van der Waals surface area contributed by atoms with Gasteiger partial charge in [-0.05, 0) is 56.0 Å². The molecule has 0 radical (unpaired) electrons. The number of ether oxygens (including phenoxy) is 1. The average Bonchev–Trinajstić information content (AvgIpc) is 2.68. The second-order valence-electron chi connectivity index (χ2n) is 7.15. The molecule has 1 fully saturated rings. The van der Waals surface area contributed by atoms with Crippen LogP contribution in [-0.2, 0) is 6.54 Å². The summed E-state index contributed by atoms with van der Waals surface area (Å²) in [4.78, 5) is 18.9. The smallest absolute Gasteiger partial charge is 0.253 e. The zero-order valence-corrected chi connectivity index (χ0v) is 17.1. The van der Waals surface area contributed by atoms with Gasteiger partial charge in [-0.3, -0.25) is 9.69 Å². The molecule has 28 heavy (non-hydrogen) atoms. The van der Waals surface area contributed by atoms with E-state index in [0.717, 1.165) is 43.8 Å². The second kappa shape index (κ2) is 9.26. The lowest BCUT2D eigenvalue weighted by Gasteiger charge is -2.32. The van der Waals surface area contributed by atoms with Gasteiger partial charge in [0.15, 0.2) is 0 Å². The van der Waals surface area contributed by atoms with Gasteiger partial charge in [0.05, 0.1) is 17.2 Å². The highest BCUT2D eigenvalue weighted by Crippen LogP contribution is 2.26. The fourth-order valence-corrected chi connectivity index (χ4v) is 3.56. The van der Waals surface area contributed by atoms with Gasteiger partial charge in [-0.15, -0.1) is 0 Å². The van der Waals surface area contributed by atoms with Gasteiger partial charge in [0.2, 0.25) is 0 Å². The predicted molar refractivity (Wildman–Crippen MR) is 112 cm³/mol. The number of halogens is 1. The Hall–Kier alpha value is -2.31. The number of carbonyl (C=O) groups is 1. The van der Waals surface area contributed by atoms with Crippen molar-refractivity contribution in [3.8, 4) is 5.75 Å². The molecule has 150 valence electrons. The summed E-state index contributed by atoms with van der Waals surface area (Å²) < 4.78 is 5.57. The van der Waals surface area contributed by atoms with Gasteiger partial charge in [-0.25, -0.2) is 4.98 Å². The Kier molecular flexibility index (Phi) is 6.75. The van der Waals surface area contributed by atoms with E-state index in [9.17, 15) is 4.79 Å². The molecule has 2 heterocycles. The van der Waals surface area contributed by atoms with E-state index < -0.39 is 0 Å². The molecule has 1 aromatic carbocycles. The first kappa shape index (κ1) is 20.4. The lowest BCUT2D eigenvalue weighted by atomic mass is 10.0. The summed E-state index contributed by atoms with van der Waals surface area (Å²) in [6, 6.07) is 7.89. The number of amides is 1. The number of benzene rings is 1. The number of nitrogens with one attached hydrogen (secondary N) is 1. The maximum atomic E-state index is 12.4. The molecule has 1 aromatic heterocycles. The van der Waals surface area contributed by atoms with Crippen LogP contribution in [0.15, 0.2) is 30.5 Å². The number of hydrogen-bond acceptors (Lipinski definition) is 5. The van der Waals surface area contributed by atoms with Gasteiger partial charge in [-0.1, -0.05) is 17.7 Å². The fraction of sp³-hybridized carbons (Fsp3) is 0.429. The Labute approximate surface area is 171 Å². The molecular weight excluding hydrogens is 376 g/mol. The molecule has 0 atom stereocenters. The van der Waals surface area contributed by atoms with Crippen LogP contribution >= 0.6 is 11.6 Å². The number of aromatic nitrogens is 1. The first-order valence-electron chi connectivity index (χ1n) is 9.62. The molecule has 3 rings (SSSR count). The van der Waals surface area contributed by atoms with Crippen molar-refractivity contribution in [2.75, 3.05) is 25.4 Å². The van der Waals surface area contributed by atoms with Crippen molar-refractivity contribution in [3.05, 3.63) is 52.2 Å². The first-order valence-corrected chi connectivity index (χ1v) is 10.0. The van der Waals surface area contributed by atoms with E-state index in [4.69, 9.17) is 22.1 Å². The quantitative estimate of drug-likeness (QED) is 0.773. The molecule has 0 spiro atoms. The number of rotatable bonds is 6. The van der Waals surface area contributed by atoms with Gasteiger partial charge < -0.3 is 15.8 Å². The monoisotopic (exact) mass is 402 g/mol. The zero-order chi connectivity index (χ0) is 20.1. The van der Waals surface area contributed by atoms with Crippen LogP contribution in [0, 0.1) is 6.92 Å². The minimum absolute atomic E-state index is 0.0897. The van der Waals surface area contributed by atoms with Crippen LogP contribution in [0.3, 0.4) is 0 Å². The molecular formula is C21H27ClN4O2. The molecule has 2 aromatic rings. The van der Waals surface area contributed by atoms with Crippen LogP contribution in [0.4, 0.5) is 5.82 Å². The summed E-state index contributed by atoms with van der Waals surface area (Å²) >= 11 is 6.16. The van der Waals surface area contributed by atoms with E-state index >= 15 is 0 Å². The normalized spacial score (nSPS) is 15.4. The molecule has 0 unspecified atom stereocenters. The van der Waals surface area contributed by atoms with Crippen molar-refractivity contribution in [3.63, 3.8) is 0 Å². The molecule has 6 nitrogen and oxygen atoms in total. The van der Waals surface area contributed by atoms with E-state index in [-0.39, 0.29) is 11.9 Å². The number of likely N-dealkylation sites (tertiary alicyclic amines) is 1. The molecule has 1 amide bonds. The van der Waals surface area contributed by atoms with Crippen LogP contribution in [0.1, 0.15) is 41.3 Å². The van der Waals surface area contributed by atoms with Crippen LogP contribution in [0.25, 0.3) is 0 Å². The lowest BCUT2D eigenvalue weighted by Crippen LogP contribution is -2.44. The van der Waals surface area contributed by atoms with E-state index in [1.165, 1.54) is 11.8 Å². The molecule has 1 aliphatic rings. The van der Waals surface area contributed by atoms with E-state index in [1.54, 1.807) is 6.07 Å². The predicted octanol–water partition coefficient (Wildman–Crippen LogP) is 3.42. The third-order valence-electron chi connectivity index (χ3n) is 5.01. The van der Waals surface area contributed by atoms with E-state index in [1.807, 2.05) is 32.0 Å². The number of piperidine rings is 1. The SMILES string of the molecule is CCOc1cc(CN2CCC(NC(=O)c3cnc(N)c(C)c3)CC2)ccc1Cl. The Morgan fingerprint density at radius 2 is 2.11 bits per heavy atom. The van der Waals surface area contributed by atoms with Gasteiger partial charge in [0.25, 0.3) is 5.91 Å². The maximum absolute atomic E-state index is 12.4.